The van der Waals surface area contributed by atoms with Gasteiger partial charge in [0, 0.05) is 24.0 Å². The fraction of sp³-hybridized carbons (Fsp3) is 0.138. The number of fused-ring (bicyclic) bond motifs is 1. The van der Waals surface area contributed by atoms with Crippen LogP contribution < -0.4 is 9.47 Å². The molecule has 6 nitrogen and oxygen atoms in total. The molecule has 0 aliphatic rings. The van der Waals surface area contributed by atoms with E-state index in [4.69, 9.17) is 9.47 Å². The summed E-state index contributed by atoms with van der Waals surface area (Å²) in [6, 6.07) is 13.9. The maximum absolute atomic E-state index is 14.2. The Labute approximate surface area is 224 Å². The molecule has 5 aromatic rings. The minimum atomic E-state index is -4.76. The number of aromatic nitrogens is 3. The van der Waals surface area contributed by atoms with Gasteiger partial charge in [-0.1, -0.05) is 30.3 Å². The molecule has 0 atom stereocenters. The number of ether oxygens (including phenoxy) is 2. The van der Waals surface area contributed by atoms with Crippen molar-refractivity contribution in [3.63, 3.8) is 0 Å². The van der Waals surface area contributed by atoms with Gasteiger partial charge in [-0.3, -0.25) is 0 Å². The van der Waals surface area contributed by atoms with E-state index < -0.39 is 23.4 Å². The fourth-order valence-corrected chi connectivity index (χ4v) is 4.20. The SMILES string of the molecule is Cc1c(Oc2ncc(C(F)(F)F)c(C)c2-c2cc(OCc3ccccc3)c3c(O)nccc3n2)ccc(F)c1F. The first kappa shape index (κ1) is 26.8. The van der Waals surface area contributed by atoms with Crippen molar-refractivity contribution in [2.24, 2.45) is 0 Å². The molecular weight excluding hydrogens is 533 g/mol. The number of hydrogen-bond donors (Lipinski definition) is 1. The first-order valence-electron chi connectivity index (χ1n) is 11.9. The molecule has 1 N–H and O–H groups in total. The molecule has 0 spiro atoms. The largest absolute Gasteiger partial charge is 0.493 e. The molecule has 11 heteroatoms. The van der Waals surface area contributed by atoms with Crippen LogP contribution in [0.4, 0.5) is 22.0 Å². The smallest absolute Gasteiger partial charge is 0.418 e. The van der Waals surface area contributed by atoms with Gasteiger partial charge in [0.2, 0.25) is 11.8 Å². The molecule has 0 aliphatic carbocycles. The molecule has 204 valence electrons. The molecule has 5 rings (SSSR count). The zero-order chi connectivity index (χ0) is 28.6. The second-order valence-corrected chi connectivity index (χ2v) is 8.87. The van der Waals surface area contributed by atoms with E-state index in [-0.39, 0.29) is 63.2 Å². The van der Waals surface area contributed by atoms with Crippen molar-refractivity contribution in [2.75, 3.05) is 0 Å². The van der Waals surface area contributed by atoms with Gasteiger partial charge in [-0.2, -0.15) is 13.2 Å². The number of hydrogen-bond acceptors (Lipinski definition) is 6. The summed E-state index contributed by atoms with van der Waals surface area (Å²) in [7, 11) is 0. The molecule has 0 unspecified atom stereocenters. The molecule has 2 aromatic carbocycles. The van der Waals surface area contributed by atoms with Gasteiger partial charge in [0.15, 0.2) is 11.6 Å². The van der Waals surface area contributed by atoms with E-state index in [0.717, 1.165) is 17.7 Å². The maximum Gasteiger partial charge on any atom is 0.418 e. The lowest BCUT2D eigenvalue weighted by Crippen LogP contribution is -2.11. The van der Waals surface area contributed by atoms with Crippen molar-refractivity contribution in [2.45, 2.75) is 26.6 Å². The van der Waals surface area contributed by atoms with Crippen molar-refractivity contribution in [1.29, 1.82) is 0 Å². The number of benzene rings is 2. The van der Waals surface area contributed by atoms with Crippen molar-refractivity contribution in [3.05, 3.63) is 101 Å². The van der Waals surface area contributed by atoms with Crippen LogP contribution in [0.25, 0.3) is 22.2 Å². The maximum atomic E-state index is 14.2. The normalized spacial score (nSPS) is 11.6. The Kier molecular flexibility index (Phi) is 6.97. The zero-order valence-corrected chi connectivity index (χ0v) is 21.1. The van der Waals surface area contributed by atoms with Crippen molar-refractivity contribution >= 4 is 10.9 Å². The van der Waals surface area contributed by atoms with Gasteiger partial charge in [0.05, 0.1) is 22.3 Å². The van der Waals surface area contributed by atoms with Gasteiger partial charge >= 0.3 is 6.18 Å². The number of nitrogens with zero attached hydrogens (tertiary/aromatic N) is 3. The lowest BCUT2D eigenvalue weighted by Gasteiger charge is -2.19. The summed E-state index contributed by atoms with van der Waals surface area (Å²) in [6.07, 6.45) is -2.87. The average Bonchev–Trinajstić information content (AvgIpc) is 2.92. The molecular formula is C29H20F5N3O3. The Hall–Kier alpha value is -4.80. The highest BCUT2D eigenvalue weighted by Gasteiger charge is 2.35. The summed E-state index contributed by atoms with van der Waals surface area (Å²) in [6.45, 7) is 2.57. The van der Waals surface area contributed by atoms with E-state index >= 15 is 0 Å². The summed E-state index contributed by atoms with van der Waals surface area (Å²) < 4.78 is 81.3. The molecule has 3 heterocycles. The van der Waals surface area contributed by atoms with E-state index in [1.807, 2.05) is 30.3 Å². The molecule has 0 aliphatic heterocycles. The van der Waals surface area contributed by atoms with Gasteiger partial charge in [-0.15, -0.1) is 0 Å². The van der Waals surface area contributed by atoms with E-state index in [1.165, 1.54) is 32.2 Å². The standard InChI is InChI=1S/C29H20F5N3O3/c1-15-18(29(32,33)34)13-36-28(40-22-9-8-19(30)26(31)16(22)2)24(15)21-12-23(39-14-17-6-4-3-5-7-17)25-20(37-21)10-11-35-27(25)38/h3-13H,14H2,1-2H3,(H,35,38). The van der Waals surface area contributed by atoms with Crippen LogP contribution in [0.3, 0.4) is 0 Å². The summed E-state index contributed by atoms with van der Waals surface area (Å²) in [5, 5.41) is 10.6. The predicted molar refractivity (Wildman–Crippen MR) is 136 cm³/mol. The number of aromatic hydroxyl groups is 1. The molecule has 0 amide bonds. The third-order valence-corrected chi connectivity index (χ3v) is 6.26. The van der Waals surface area contributed by atoms with E-state index in [0.29, 0.717) is 6.20 Å². The number of rotatable bonds is 6. The highest BCUT2D eigenvalue weighted by atomic mass is 19.4. The van der Waals surface area contributed by atoms with E-state index in [9.17, 15) is 27.1 Å². The van der Waals surface area contributed by atoms with Crippen LogP contribution in [0.15, 0.2) is 67.0 Å². The van der Waals surface area contributed by atoms with Crippen LogP contribution in [0.2, 0.25) is 0 Å². The molecule has 0 saturated heterocycles. The molecule has 0 radical (unpaired) electrons. The topological polar surface area (TPSA) is 77.4 Å². The third-order valence-electron chi connectivity index (χ3n) is 6.26. The monoisotopic (exact) mass is 553 g/mol. The van der Waals surface area contributed by atoms with Crippen molar-refractivity contribution in [1.82, 2.24) is 15.0 Å². The van der Waals surface area contributed by atoms with Gasteiger partial charge in [0.1, 0.15) is 23.5 Å². The summed E-state index contributed by atoms with van der Waals surface area (Å²) in [5.41, 5.74) is -0.694. The van der Waals surface area contributed by atoms with Gasteiger partial charge < -0.3 is 14.6 Å². The highest BCUT2D eigenvalue weighted by molar-refractivity contribution is 5.92. The fourth-order valence-electron chi connectivity index (χ4n) is 4.20. The average molecular weight is 553 g/mol. The first-order valence-corrected chi connectivity index (χ1v) is 11.9. The Bertz CT molecular complexity index is 1730. The second-order valence-electron chi connectivity index (χ2n) is 8.87. The Morgan fingerprint density at radius 2 is 1.65 bits per heavy atom. The van der Waals surface area contributed by atoms with Crippen LogP contribution in [0, 0.1) is 25.5 Å². The molecule has 40 heavy (non-hydrogen) atoms. The second kappa shape index (κ2) is 10.4. The number of halogens is 5. The summed E-state index contributed by atoms with van der Waals surface area (Å²) >= 11 is 0. The summed E-state index contributed by atoms with van der Waals surface area (Å²) in [4.78, 5) is 12.2. The van der Waals surface area contributed by atoms with Crippen LogP contribution in [-0.4, -0.2) is 20.1 Å². The lowest BCUT2D eigenvalue weighted by atomic mass is 10.0. The Morgan fingerprint density at radius 1 is 0.900 bits per heavy atom. The number of pyridine rings is 3. The quantitative estimate of drug-likeness (QED) is 0.217. The minimum Gasteiger partial charge on any atom is -0.493 e. The lowest BCUT2D eigenvalue weighted by molar-refractivity contribution is -0.138. The molecule has 0 fully saturated rings. The summed E-state index contributed by atoms with van der Waals surface area (Å²) in [5.74, 6) is -3.01. The zero-order valence-electron chi connectivity index (χ0n) is 21.1. The van der Waals surface area contributed by atoms with Crippen LogP contribution in [-0.2, 0) is 12.8 Å². The van der Waals surface area contributed by atoms with Crippen molar-refractivity contribution in [3.8, 4) is 34.5 Å². The van der Waals surface area contributed by atoms with Gasteiger partial charge in [0.25, 0.3) is 0 Å². The number of alkyl halides is 3. The third kappa shape index (κ3) is 5.09. The minimum absolute atomic E-state index is 0.0208. The van der Waals surface area contributed by atoms with Crippen LogP contribution >= 0.6 is 0 Å². The molecule has 3 aromatic heterocycles. The van der Waals surface area contributed by atoms with Crippen LogP contribution in [0.5, 0.6) is 23.3 Å². The van der Waals surface area contributed by atoms with Gasteiger partial charge in [-0.05, 0) is 43.2 Å². The first-order chi connectivity index (χ1) is 19.0. The predicted octanol–water partition coefficient (Wildman–Crippen LogP) is 7.68. The van der Waals surface area contributed by atoms with Gasteiger partial charge in [-0.25, -0.2) is 23.7 Å². The Balaban J connectivity index is 1.71. The van der Waals surface area contributed by atoms with E-state index in [2.05, 4.69) is 15.0 Å². The molecule has 0 bridgehead atoms. The van der Waals surface area contributed by atoms with Crippen molar-refractivity contribution < 1.29 is 36.5 Å². The van der Waals surface area contributed by atoms with E-state index in [1.54, 1.807) is 0 Å². The molecule has 0 saturated carbocycles. The highest BCUT2D eigenvalue weighted by Crippen LogP contribution is 2.43. The Morgan fingerprint density at radius 3 is 2.38 bits per heavy atom. The van der Waals surface area contributed by atoms with Crippen LogP contribution in [0.1, 0.15) is 22.3 Å².